The van der Waals surface area contributed by atoms with Gasteiger partial charge in [0, 0.05) is 12.0 Å². The van der Waals surface area contributed by atoms with Gasteiger partial charge in [-0.2, -0.15) is 0 Å². The van der Waals surface area contributed by atoms with E-state index in [2.05, 4.69) is 56.5 Å². The number of benzene rings is 1. The van der Waals surface area contributed by atoms with Crippen molar-refractivity contribution in [3.63, 3.8) is 0 Å². The van der Waals surface area contributed by atoms with E-state index in [-0.39, 0.29) is 0 Å². The first-order valence-corrected chi connectivity index (χ1v) is 7.98. The minimum atomic E-state index is 0.623. The zero-order valence-electron chi connectivity index (χ0n) is 12.7. The molecule has 0 spiro atoms. The first-order chi connectivity index (χ1) is 9.26. The van der Waals surface area contributed by atoms with E-state index in [0.29, 0.717) is 12.0 Å². The van der Waals surface area contributed by atoms with Gasteiger partial charge in [-0.3, -0.25) is 0 Å². The molecule has 0 aliphatic heterocycles. The second kappa shape index (κ2) is 7.09. The zero-order valence-corrected chi connectivity index (χ0v) is 12.7. The number of hydrogen-bond acceptors (Lipinski definition) is 1. The largest absolute Gasteiger partial charge is 0.316 e. The lowest BCUT2D eigenvalue weighted by Gasteiger charge is -2.32. The van der Waals surface area contributed by atoms with Crippen LogP contribution in [0.25, 0.3) is 0 Å². The first-order valence-electron chi connectivity index (χ1n) is 7.98. The highest BCUT2D eigenvalue weighted by molar-refractivity contribution is 5.22. The van der Waals surface area contributed by atoms with Crippen LogP contribution in [-0.4, -0.2) is 13.1 Å². The van der Waals surface area contributed by atoms with Gasteiger partial charge < -0.3 is 5.32 Å². The van der Waals surface area contributed by atoms with Crippen LogP contribution in [-0.2, 0) is 0 Å². The minimum absolute atomic E-state index is 0.623. The topological polar surface area (TPSA) is 12.0 Å². The van der Waals surface area contributed by atoms with Crippen LogP contribution in [0.3, 0.4) is 0 Å². The molecule has 1 aromatic rings. The molecule has 106 valence electrons. The molecule has 2 rings (SSSR count). The second-order valence-electron chi connectivity index (χ2n) is 6.24. The summed E-state index contributed by atoms with van der Waals surface area (Å²) in [6.07, 6.45) is 6.92. The van der Waals surface area contributed by atoms with Gasteiger partial charge >= 0.3 is 0 Å². The third-order valence-electron chi connectivity index (χ3n) is 4.83. The van der Waals surface area contributed by atoms with Crippen LogP contribution in [0, 0.1) is 11.8 Å². The fraction of sp³-hybridized carbons (Fsp3) is 0.667. The Morgan fingerprint density at radius 2 is 1.89 bits per heavy atom. The second-order valence-corrected chi connectivity index (χ2v) is 6.24. The zero-order chi connectivity index (χ0) is 13.7. The fourth-order valence-corrected chi connectivity index (χ4v) is 3.21. The quantitative estimate of drug-likeness (QED) is 0.719. The molecule has 0 amide bonds. The molecule has 1 heteroatoms. The Balaban J connectivity index is 2.09. The molecule has 1 aliphatic carbocycles. The van der Waals surface area contributed by atoms with Crippen LogP contribution < -0.4 is 5.32 Å². The van der Waals surface area contributed by atoms with E-state index in [9.17, 15) is 0 Å². The van der Waals surface area contributed by atoms with Gasteiger partial charge in [-0.15, -0.1) is 0 Å². The Hall–Kier alpha value is -0.820. The number of rotatable bonds is 8. The van der Waals surface area contributed by atoms with Gasteiger partial charge in [0.05, 0.1) is 0 Å². The van der Waals surface area contributed by atoms with Crippen LogP contribution in [0.1, 0.15) is 57.4 Å². The van der Waals surface area contributed by atoms with Gasteiger partial charge in [0.1, 0.15) is 0 Å². The van der Waals surface area contributed by atoms with E-state index < -0.39 is 0 Å². The Bertz CT molecular complexity index is 355. The van der Waals surface area contributed by atoms with E-state index in [1.807, 2.05) is 0 Å². The molecule has 3 unspecified atom stereocenters. The maximum atomic E-state index is 3.60. The van der Waals surface area contributed by atoms with Crippen molar-refractivity contribution in [1.29, 1.82) is 0 Å². The summed E-state index contributed by atoms with van der Waals surface area (Å²) in [6, 6.07) is 11.7. The van der Waals surface area contributed by atoms with Gasteiger partial charge in [-0.1, -0.05) is 63.4 Å². The molecule has 1 aromatic carbocycles. The molecule has 1 saturated carbocycles. The smallest absolute Gasteiger partial charge is 0.0135 e. The molecule has 0 aromatic heterocycles. The summed E-state index contributed by atoms with van der Waals surface area (Å²) >= 11 is 0. The van der Waals surface area contributed by atoms with Crippen molar-refractivity contribution in [2.75, 3.05) is 7.05 Å². The Kier molecular flexibility index (Phi) is 5.45. The molecule has 1 fully saturated rings. The molecule has 0 bridgehead atoms. The minimum Gasteiger partial charge on any atom is -0.316 e. The number of hydrogen-bond donors (Lipinski definition) is 1. The molecule has 3 atom stereocenters. The predicted molar refractivity (Wildman–Crippen MR) is 83.4 cm³/mol. The van der Waals surface area contributed by atoms with Crippen LogP contribution in [0.2, 0.25) is 0 Å². The van der Waals surface area contributed by atoms with Crippen molar-refractivity contribution in [3.8, 4) is 0 Å². The van der Waals surface area contributed by atoms with E-state index in [0.717, 1.165) is 11.8 Å². The van der Waals surface area contributed by atoms with Crippen molar-refractivity contribution in [2.24, 2.45) is 11.8 Å². The van der Waals surface area contributed by atoms with E-state index >= 15 is 0 Å². The third kappa shape index (κ3) is 4.07. The lowest BCUT2D eigenvalue weighted by atomic mass is 9.78. The SMILES string of the molecule is CCC(C)C(c1ccccc1)C(CCC1CC1)NC. The molecule has 0 heterocycles. The summed E-state index contributed by atoms with van der Waals surface area (Å²) in [5.41, 5.74) is 1.51. The molecule has 1 nitrogen and oxygen atoms in total. The summed E-state index contributed by atoms with van der Waals surface area (Å²) in [7, 11) is 2.13. The lowest BCUT2D eigenvalue weighted by molar-refractivity contribution is 0.325. The maximum Gasteiger partial charge on any atom is 0.0135 e. The van der Waals surface area contributed by atoms with Crippen molar-refractivity contribution in [2.45, 2.75) is 57.9 Å². The molecular weight excluding hydrogens is 230 g/mol. The fourth-order valence-electron chi connectivity index (χ4n) is 3.21. The van der Waals surface area contributed by atoms with Crippen LogP contribution >= 0.6 is 0 Å². The van der Waals surface area contributed by atoms with Crippen LogP contribution in [0.5, 0.6) is 0 Å². The van der Waals surface area contributed by atoms with Crippen molar-refractivity contribution in [3.05, 3.63) is 35.9 Å². The van der Waals surface area contributed by atoms with E-state index in [1.165, 1.54) is 37.7 Å². The normalized spacial score (nSPS) is 19.9. The standard InChI is InChI=1S/C18H29N/c1-4-14(2)18(16-8-6-5-7-9-16)17(19-3)13-12-15-10-11-15/h5-9,14-15,17-19H,4,10-13H2,1-3H3. The monoisotopic (exact) mass is 259 g/mol. The summed E-state index contributed by atoms with van der Waals surface area (Å²) in [4.78, 5) is 0. The molecular formula is C18H29N. The summed E-state index contributed by atoms with van der Waals surface area (Å²) in [5.74, 6) is 2.42. The Morgan fingerprint density at radius 3 is 2.42 bits per heavy atom. The Labute approximate surface area is 118 Å². The van der Waals surface area contributed by atoms with Gasteiger partial charge in [-0.25, -0.2) is 0 Å². The van der Waals surface area contributed by atoms with Crippen molar-refractivity contribution < 1.29 is 0 Å². The van der Waals surface area contributed by atoms with Crippen LogP contribution in [0.15, 0.2) is 30.3 Å². The van der Waals surface area contributed by atoms with Crippen LogP contribution in [0.4, 0.5) is 0 Å². The average Bonchev–Trinajstić information content (AvgIpc) is 3.27. The molecule has 19 heavy (non-hydrogen) atoms. The third-order valence-corrected chi connectivity index (χ3v) is 4.83. The maximum absolute atomic E-state index is 3.60. The highest BCUT2D eigenvalue weighted by atomic mass is 14.9. The predicted octanol–water partition coefficient (Wildman–Crippen LogP) is 4.59. The Morgan fingerprint density at radius 1 is 1.21 bits per heavy atom. The van der Waals surface area contributed by atoms with E-state index in [4.69, 9.17) is 0 Å². The summed E-state index contributed by atoms with van der Waals surface area (Å²) in [5, 5.41) is 3.60. The van der Waals surface area contributed by atoms with Gasteiger partial charge in [-0.05, 0) is 37.3 Å². The number of nitrogens with one attached hydrogen (secondary N) is 1. The number of likely N-dealkylation sites (N-methyl/N-ethyl adjacent to an activating group) is 1. The van der Waals surface area contributed by atoms with Gasteiger partial charge in [0.25, 0.3) is 0 Å². The summed E-state index contributed by atoms with van der Waals surface area (Å²) < 4.78 is 0. The average molecular weight is 259 g/mol. The highest BCUT2D eigenvalue weighted by Crippen LogP contribution is 2.37. The van der Waals surface area contributed by atoms with Crippen molar-refractivity contribution >= 4 is 0 Å². The summed E-state index contributed by atoms with van der Waals surface area (Å²) in [6.45, 7) is 4.72. The van der Waals surface area contributed by atoms with Gasteiger partial charge in [0.15, 0.2) is 0 Å². The highest BCUT2D eigenvalue weighted by Gasteiger charge is 2.29. The van der Waals surface area contributed by atoms with E-state index in [1.54, 1.807) is 0 Å². The molecule has 1 aliphatic rings. The molecule has 0 saturated heterocycles. The van der Waals surface area contributed by atoms with Crippen molar-refractivity contribution in [1.82, 2.24) is 5.32 Å². The lowest BCUT2D eigenvalue weighted by Crippen LogP contribution is -2.35. The first kappa shape index (κ1) is 14.6. The van der Waals surface area contributed by atoms with Gasteiger partial charge in [0.2, 0.25) is 0 Å². The molecule has 1 N–H and O–H groups in total. The molecule has 0 radical (unpaired) electrons.